The molecule has 3 atom stereocenters. The number of benzene rings is 4. The normalized spacial score (nSPS) is 17.7. The van der Waals surface area contributed by atoms with Gasteiger partial charge >= 0.3 is 0 Å². The number of halogens is 1. The number of ether oxygens (including phenoxy) is 3. The van der Waals surface area contributed by atoms with Crippen LogP contribution in [-0.2, 0) is 20.8 Å². The minimum Gasteiger partial charge on any atom is -0.491 e. The monoisotopic (exact) mass is 712 g/mol. The number of hydrogen-bond donors (Lipinski definition) is 3. The molecule has 0 aromatic heterocycles. The van der Waals surface area contributed by atoms with Gasteiger partial charge in [0.2, 0.25) is 17.7 Å². The summed E-state index contributed by atoms with van der Waals surface area (Å²) in [6.07, 6.45) is 0.126. The van der Waals surface area contributed by atoms with Crippen molar-refractivity contribution in [2.45, 2.75) is 44.3 Å². The third-order valence-electron chi connectivity index (χ3n) is 8.14. The smallest absolute Gasteiger partial charge is 0.255 e. The van der Waals surface area contributed by atoms with E-state index in [4.69, 9.17) is 25.8 Å². The lowest BCUT2D eigenvalue weighted by Crippen LogP contribution is -2.51. The van der Waals surface area contributed by atoms with Crippen LogP contribution in [0.2, 0.25) is 5.02 Å². The van der Waals surface area contributed by atoms with Crippen LogP contribution in [0.4, 0.5) is 0 Å². The molecule has 0 aliphatic carbocycles. The molecule has 0 saturated heterocycles. The van der Waals surface area contributed by atoms with Crippen molar-refractivity contribution < 1.29 is 33.4 Å². The number of carbonyl (C=O) groups is 4. The van der Waals surface area contributed by atoms with Gasteiger partial charge in [-0.15, -0.1) is 0 Å². The van der Waals surface area contributed by atoms with E-state index in [2.05, 4.69) is 16.0 Å². The first-order valence-electron chi connectivity index (χ1n) is 16.7. The van der Waals surface area contributed by atoms with Gasteiger partial charge in [0.05, 0.1) is 18.2 Å². The van der Waals surface area contributed by atoms with E-state index >= 15 is 0 Å². The highest BCUT2D eigenvalue weighted by Crippen LogP contribution is 2.32. The molecule has 4 aromatic carbocycles. The molecule has 4 aromatic rings. The highest BCUT2D eigenvalue weighted by Gasteiger charge is 2.28. The van der Waals surface area contributed by atoms with Crippen LogP contribution < -0.4 is 30.2 Å². The second-order valence-corrected chi connectivity index (χ2v) is 12.6. The summed E-state index contributed by atoms with van der Waals surface area (Å²) in [5.74, 6) is 0.0197. The zero-order chi connectivity index (χ0) is 36.2. The van der Waals surface area contributed by atoms with E-state index in [0.717, 1.165) is 5.56 Å². The van der Waals surface area contributed by atoms with E-state index in [1.54, 1.807) is 80.7 Å². The Hall–Kier alpha value is -5.55. The van der Waals surface area contributed by atoms with Crippen molar-refractivity contribution >= 4 is 35.2 Å². The van der Waals surface area contributed by atoms with Crippen LogP contribution in [-0.4, -0.2) is 73.5 Å². The van der Waals surface area contributed by atoms with Gasteiger partial charge in [0.15, 0.2) is 11.5 Å². The van der Waals surface area contributed by atoms with Crippen LogP contribution >= 0.6 is 11.6 Å². The summed E-state index contributed by atoms with van der Waals surface area (Å²) in [7, 11) is 1.64. The van der Waals surface area contributed by atoms with Gasteiger partial charge in [0, 0.05) is 24.9 Å². The summed E-state index contributed by atoms with van der Waals surface area (Å²) in [4.78, 5) is 55.5. The standard InChI is InChI=1S/C39H41ClN4O7/c1-26(25-50-34-17-8-9-18-35(34)51-29-14-10-13-28(40)24-29)41-38(47)31-19-20-36(45)42-32(23-27-11-4-3-5-12-27)39(48)44(2)21-22-49-33-16-7-6-15-30(33)37(46)43-31/h3-18,24,26,31-32H,19-23,25H2,1-2H3,(H,41,47)(H,42,45)(H,43,46)/t26-,31+,32-/m1/s1. The predicted octanol–water partition coefficient (Wildman–Crippen LogP) is 5.17. The molecule has 1 aliphatic rings. The van der Waals surface area contributed by atoms with Gasteiger partial charge in [-0.3, -0.25) is 19.2 Å². The second kappa shape index (κ2) is 17.9. The zero-order valence-corrected chi connectivity index (χ0v) is 29.2. The van der Waals surface area contributed by atoms with E-state index in [-0.39, 0.29) is 50.5 Å². The molecule has 1 heterocycles. The van der Waals surface area contributed by atoms with Gasteiger partial charge in [-0.2, -0.15) is 0 Å². The minimum atomic E-state index is -1.09. The highest BCUT2D eigenvalue weighted by atomic mass is 35.5. The number of amides is 4. The Morgan fingerprint density at radius 1 is 0.941 bits per heavy atom. The Morgan fingerprint density at radius 2 is 1.67 bits per heavy atom. The molecule has 0 saturated carbocycles. The van der Waals surface area contributed by atoms with E-state index in [1.165, 1.54) is 4.90 Å². The molecule has 51 heavy (non-hydrogen) atoms. The quantitative estimate of drug-likeness (QED) is 0.218. The third kappa shape index (κ3) is 10.7. The van der Waals surface area contributed by atoms with Gasteiger partial charge in [0.1, 0.15) is 36.8 Å². The summed E-state index contributed by atoms with van der Waals surface area (Å²) < 4.78 is 17.9. The first kappa shape index (κ1) is 36.7. The van der Waals surface area contributed by atoms with Crippen molar-refractivity contribution in [3.8, 4) is 23.0 Å². The van der Waals surface area contributed by atoms with Gasteiger partial charge in [0.25, 0.3) is 5.91 Å². The van der Waals surface area contributed by atoms with Gasteiger partial charge in [-0.25, -0.2) is 0 Å². The molecule has 12 heteroatoms. The van der Waals surface area contributed by atoms with Crippen molar-refractivity contribution in [2.75, 3.05) is 26.8 Å². The molecule has 0 radical (unpaired) electrons. The van der Waals surface area contributed by atoms with Gasteiger partial charge < -0.3 is 35.1 Å². The Bertz CT molecular complexity index is 1820. The van der Waals surface area contributed by atoms with Crippen molar-refractivity contribution in [3.63, 3.8) is 0 Å². The maximum Gasteiger partial charge on any atom is 0.255 e. The fourth-order valence-electron chi connectivity index (χ4n) is 5.46. The number of rotatable bonds is 9. The topological polar surface area (TPSA) is 135 Å². The SMILES string of the molecule is C[C@H](COc1ccccc1Oc1cccc(Cl)c1)NC(=O)[C@@H]1CCC(=O)N[C@H](Cc2ccccc2)C(=O)N(C)CCOc2ccccc2C(=O)N1. The van der Waals surface area contributed by atoms with Crippen LogP contribution in [0.1, 0.15) is 35.7 Å². The number of nitrogens with one attached hydrogen (secondary N) is 3. The minimum absolute atomic E-state index is 0.0294. The van der Waals surface area contributed by atoms with Crippen molar-refractivity contribution in [1.82, 2.24) is 20.9 Å². The first-order valence-corrected chi connectivity index (χ1v) is 17.1. The Kier molecular flexibility index (Phi) is 12.9. The Labute approximate surface area is 302 Å². The summed E-state index contributed by atoms with van der Waals surface area (Å²) in [6, 6.07) is 27.8. The lowest BCUT2D eigenvalue weighted by Gasteiger charge is -2.25. The molecule has 5 rings (SSSR count). The van der Waals surface area contributed by atoms with E-state index < -0.39 is 35.8 Å². The number of hydrogen-bond acceptors (Lipinski definition) is 7. The average Bonchev–Trinajstić information content (AvgIpc) is 3.12. The Balaban J connectivity index is 1.29. The van der Waals surface area contributed by atoms with Crippen LogP contribution in [0.3, 0.4) is 0 Å². The van der Waals surface area contributed by atoms with Crippen LogP contribution in [0, 0.1) is 0 Å². The number of fused-ring (bicyclic) bond motifs is 1. The number of para-hydroxylation sites is 3. The van der Waals surface area contributed by atoms with Crippen molar-refractivity contribution in [3.05, 3.63) is 119 Å². The summed E-state index contributed by atoms with van der Waals surface area (Å²) >= 11 is 6.11. The molecule has 0 bridgehead atoms. The van der Waals surface area contributed by atoms with Crippen LogP contribution in [0.25, 0.3) is 0 Å². The van der Waals surface area contributed by atoms with Crippen molar-refractivity contribution in [2.24, 2.45) is 0 Å². The van der Waals surface area contributed by atoms with Crippen LogP contribution in [0.5, 0.6) is 23.0 Å². The predicted molar refractivity (Wildman–Crippen MR) is 193 cm³/mol. The molecule has 0 spiro atoms. The largest absolute Gasteiger partial charge is 0.491 e. The number of likely N-dealkylation sites (N-methyl/N-ethyl adjacent to an activating group) is 1. The molecule has 266 valence electrons. The maximum atomic E-state index is 13.7. The lowest BCUT2D eigenvalue weighted by atomic mass is 10.0. The first-order chi connectivity index (χ1) is 24.7. The van der Waals surface area contributed by atoms with Crippen LogP contribution in [0.15, 0.2) is 103 Å². The molecule has 0 unspecified atom stereocenters. The van der Waals surface area contributed by atoms with E-state index in [0.29, 0.717) is 28.0 Å². The fraction of sp³-hybridized carbons (Fsp3) is 0.282. The Morgan fingerprint density at radius 3 is 2.45 bits per heavy atom. The zero-order valence-electron chi connectivity index (χ0n) is 28.5. The molecular weight excluding hydrogens is 672 g/mol. The highest BCUT2D eigenvalue weighted by molar-refractivity contribution is 6.30. The molecular formula is C39H41ClN4O7. The molecule has 4 amide bonds. The summed E-state index contributed by atoms with van der Waals surface area (Å²) in [6.45, 7) is 2.17. The second-order valence-electron chi connectivity index (χ2n) is 12.2. The van der Waals surface area contributed by atoms with Gasteiger partial charge in [-0.1, -0.05) is 72.3 Å². The number of nitrogens with zero attached hydrogens (tertiary/aromatic N) is 1. The van der Waals surface area contributed by atoms with E-state index in [9.17, 15) is 19.2 Å². The maximum absolute atomic E-state index is 13.7. The summed E-state index contributed by atoms with van der Waals surface area (Å²) in [5.41, 5.74) is 1.10. The van der Waals surface area contributed by atoms with E-state index in [1.807, 2.05) is 36.4 Å². The lowest BCUT2D eigenvalue weighted by molar-refractivity contribution is -0.135. The van der Waals surface area contributed by atoms with Gasteiger partial charge in [-0.05, 0) is 61.4 Å². The molecule has 0 fully saturated rings. The molecule has 1 aliphatic heterocycles. The van der Waals surface area contributed by atoms with Crippen molar-refractivity contribution in [1.29, 1.82) is 0 Å². The molecule has 11 nitrogen and oxygen atoms in total. The summed E-state index contributed by atoms with van der Waals surface area (Å²) in [5, 5.41) is 9.07. The fourth-order valence-corrected chi connectivity index (χ4v) is 5.64. The number of carbonyl (C=O) groups excluding carboxylic acids is 4. The average molecular weight is 713 g/mol. The molecule has 3 N–H and O–H groups in total. The third-order valence-corrected chi connectivity index (χ3v) is 8.38.